The first kappa shape index (κ1) is 11.9. The van der Waals surface area contributed by atoms with E-state index >= 15 is 0 Å². The van der Waals surface area contributed by atoms with Crippen LogP contribution in [0.4, 0.5) is 5.69 Å². The van der Waals surface area contributed by atoms with E-state index in [0.29, 0.717) is 0 Å². The van der Waals surface area contributed by atoms with Crippen LogP contribution in [-0.4, -0.2) is 24.8 Å². The zero-order chi connectivity index (χ0) is 10.9. The van der Waals surface area contributed by atoms with Gasteiger partial charge in [0, 0.05) is 18.8 Å². The average Bonchev–Trinajstić information content (AvgIpc) is 2.30. The molecule has 0 heterocycles. The Morgan fingerprint density at radius 2 is 2.07 bits per heavy atom. The van der Waals surface area contributed by atoms with Crippen molar-refractivity contribution < 1.29 is 0 Å². The minimum atomic E-state index is 0.771. The van der Waals surface area contributed by atoms with Gasteiger partial charge in [-0.3, -0.25) is 0 Å². The minimum Gasteiger partial charge on any atom is -0.372 e. The molecule has 0 bridgehead atoms. The normalized spacial score (nSPS) is 9.40. The maximum absolute atomic E-state index is 4.52. The molecule has 0 unspecified atom stereocenters. The van der Waals surface area contributed by atoms with Gasteiger partial charge in [-0.1, -0.05) is 18.2 Å². The molecule has 0 aliphatic carbocycles. The molecule has 15 heavy (non-hydrogen) atoms. The van der Waals surface area contributed by atoms with Gasteiger partial charge in [0.25, 0.3) is 0 Å². The van der Waals surface area contributed by atoms with E-state index in [1.54, 1.807) is 0 Å². The van der Waals surface area contributed by atoms with Gasteiger partial charge >= 0.3 is 0 Å². The third-order valence-corrected chi connectivity index (χ3v) is 2.39. The van der Waals surface area contributed by atoms with Crippen LogP contribution in [0, 0.1) is 0 Å². The summed E-state index contributed by atoms with van der Waals surface area (Å²) in [5.74, 6) is 0. The fourth-order valence-corrected chi connectivity index (χ4v) is 1.59. The van der Waals surface area contributed by atoms with Gasteiger partial charge in [-0.2, -0.15) is 0 Å². The second-order valence-corrected chi connectivity index (χ2v) is 3.42. The first-order chi connectivity index (χ1) is 7.38. The van der Waals surface area contributed by atoms with Crippen LogP contribution in [0.2, 0.25) is 0 Å². The molecule has 0 aliphatic rings. The van der Waals surface area contributed by atoms with Crippen LogP contribution in [0.15, 0.2) is 35.3 Å². The first-order valence-corrected chi connectivity index (χ1v) is 5.63. The molecule has 0 saturated carbocycles. The molecular weight excluding hydrogens is 204 g/mol. The largest absolute Gasteiger partial charge is 0.372 e. The molecule has 0 aromatic heterocycles. The molecule has 0 radical (unpaired) electrons. The summed E-state index contributed by atoms with van der Waals surface area (Å²) in [6, 6.07) is 10.4. The molecule has 0 atom stereocenters. The predicted molar refractivity (Wildman–Crippen MR) is 68.8 cm³/mol. The SMILES string of the molecule is CCN(CCCN=C=S)c1ccccc1. The van der Waals surface area contributed by atoms with Crippen LogP contribution in [0.5, 0.6) is 0 Å². The number of aliphatic imine (C=N–C) groups is 1. The molecule has 0 N–H and O–H groups in total. The standard InChI is InChI=1S/C12H16N2S/c1-2-14(10-6-9-13-11-15)12-7-4-3-5-8-12/h3-5,7-8H,2,6,9-10H2,1H3. The summed E-state index contributed by atoms with van der Waals surface area (Å²) in [6.07, 6.45) is 1.02. The Morgan fingerprint density at radius 1 is 1.33 bits per heavy atom. The number of benzene rings is 1. The lowest BCUT2D eigenvalue weighted by molar-refractivity contribution is 0.757. The Balaban J connectivity index is 2.46. The summed E-state index contributed by atoms with van der Waals surface area (Å²) >= 11 is 4.52. The van der Waals surface area contributed by atoms with Gasteiger partial charge in [0.05, 0.1) is 11.7 Å². The average molecular weight is 220 g/mol. The van der Waals surface area contributed by atoms with Crippen LogP contribution in [-0.2, 0) is 0 Å². The summed E-state index contributed by atoms with van der Waals surface area (Å²) in [5.41, 5.74) is 1.27. The molecule has 0 amide bonds. The van der Waals surface area contributed by atoms with Crippen molar-refractivity contribution in [2.24, 2.45) is 4.99 Å². The van der Waals surface area contributed by atoms with E-state index in [4.69, 9.17) is 0 Å². The highest BCUT2D eigenvalue weighted by atomic mass is 32.1. The van der Waals surface area contributed by atoms with Gasteiger partial charge in [-0.15, -0.1) is 0 Å². The molecule has 1 rings (SSSR count). The fourth-order valence-electron chi connectivity index (χ4n) is 1.49. The number of isothiocyanates is 1. The van der Waals surface area contributed by atoms with Crippen molar-refractivity contribution in [2.75, 3.05) is 24.5 Å². The lowest BCUT2D eigenvalue weighted by Crippen LogP contribution is -2.24. The van der Waals surface area contributed by atoms with E-state index < -0.39 is 0 Å². The zero-order valence-corrected chi connectivity index (χ0v) is 9.83. The monoisotopic (exact) mass is 220 g/mol. The highest BCUT2D eigenvalue weighted by Gasteiger charge is 2.01. The van der Waals surface area contributed by atoms with Crippen molar-refractivity contribution in [3.8, 4) is 0 Å². The maximum Gasteiger partial charge on any atom is 0.0584 e. The van der Waals surface area contributed by atoms with E-state index in [0.717, 1.165) is 26.1 Å². The summed E-state index contributed by atoms with van der Waals surface area (Å²) in [4.78, 5) is 6.24. The lowest BCUT2D eigenvalue weighted by Gasteiger charge is -2.22. The maximum atomic E-state index is 4.52. The van der Waals surface area contributed by atoms with Gasteiger partial charge in [-0.25, -0.2) is 4.99 Å². The van der Waals surface area contributed by atoms with Crippen LogP contribution < -0.4 is 4.90 Å². The number of nitrogens with zero attached hydrogens (tertiary/aromatic N) is 2. The summed E-state index contributed by atoms with van der Waals surface area (Å²) in [6.45, 7) is 4.97. The smallest absolute Gasteiger partial charge is 0.0584 e. The molecule has 0 fully saturated rings. The molecule has 1 aromatic rings. The highest BCUT2D eigenvalue weighted by Crippen LogP contribution is 2.12. The molecule has 0 aliphatic heterocycles. The quantitative estimate of drug-likeness (QED) is 0.416. The summed E-state index contributed by atoms with van der Waals surface area (Å²) in [5, 5.41) is 2.39. The van der Waals surface area contributed by atoms with Crippen LogP contribution >= 0.6 is 12.2 Å². The first-order valence-electron chi connectivity index (χ1n) is 5.22. The molecule has 0 spiro atoms. The van der Waals surface area contributed by atoms with Crippen molar-refractivity contribution in [3.63, 3.8) is 0 Å². The predicted octanol–water partition coefficient (Wildman–Crippen LogP) is 3.01. The molecule has 2 nitrogen and oxygen atoms in total. The van der Waals surface area contributed by atoms with Crippen LogP contribution in [0.1, 0.15) is 13.3 Å². The van der Waals surface area contributed by atoms with Gasteiger partial charge in [0.1, 0.15) is 0 Å². The third kappa shape index (κ3) is 4.24. The van der Waals surface area contributed by atoms with Crippen molar-refractivity contribution in [1.29, 1.82) is 0 Å². The minimum absolute atomic E-state index is 0.771. The number of rotatable bonds is 6. The zero-order valence-electron chi connectivity index (χ0n) is 9.02. The van der Waals surface area contributed by atoms with Crippen molar-refractivity contribution in [1.82, 2.24) is 0 Å². The second-order valence-electron chi connectivity index (χ2n) is 3.24. The topological polar surface area (TPSA) is 15.6 Å². The van der Waals surface area contributed by atoms with E-state index in [2.05, 4.69) is 58.5 Å². The van der Waals surface area contributed by atoms with E-state index in [1.165, 1.54) is 5.69 Å². The number of thiocarbonyl (C=S) groups is 1. The highest BCUT2D eigenvalue weighted by molar-refractivity contribution is 7.78. The van der Waals surface area contributed by atoms with Crippen LogP contribution in [0.3, 0.4) is 0 Å². The lowest BCUT2D eigenvalue weighted by atomic mass is 10.2. The van der Waals surface area contributed by atoms with E-state index in [-0.39, 0.29) is 0 Å². The molecule has 0 saturated heterocycles. The van der Waals surface area contributed by atoms with Crippen molar-refractivity contribution in [3.05, 3.63) is 30.3 Å². The Hall–Kier alpha value is -1.18. The second kappa shape index (κ2) is 7.16. The van der Waals surface area contributed by atoms with Crippen LogP contribution in [0.25, 0.3) is 0 Å². The number of para-hydroxylation sites is 1. The van der Waals surface area contributed by atoms with Crippen molar-refractivity contribution in [2.45, 2.75) is 13.3 Å². The Labute approximate surface area is 96.6 Å². The summed E-state index contributed by atoms with van der Waals surface area (Å²) in [7, 11) is 0. The van der Waals surface area contributed by atoms with E-state index in [1.807, 2.05) is 6.07 Å². The molecular formula is C12H16N2S. The number of hydrogen-bond acceptors (Lipinski definition) is 3. The van der Waals surface area contributed by atoms with Gasteiger partial charge in [0.2, 0.25) is 0 Å². The van der Waals surface area contributed by atoms with Gasteiger partial charge < -0.3 is 4.90 Å². The molecule has 3 heteroatoms. The van der Waals surface area contributed by atoms with Crippen molar-refractivity contribution >= 4 is 23.1 Å². The number of anilines is 1. The number of hydrogen-bond donors (Lipinski definition) is 0. The Bertz CT molecular complexity index is 318. The fraction of sp³-hybridized carbons (Fsp3) is 0.417. The molecule has 1 aromatic carbocycles. The summed E-state index contributed by atoms with van der Waals surface area (Å²) < 4.78 is 0. The van der Waals surface area contributed by atoms with Gasteiger partial charge in [-0.05, 0) is 37.7 Å². The van der Waals surface area contributed by atoms with Gasteiger partial charge in [0.15, 0.2) is 0 Å². The van der Waals surface area contributed by atoms with E-state index in [9.17, 15) is 0 Å². The Kier molecular flexibility index (Phi) is 5.67. The Morgan fingerprint density at radius 3 is 2.67 bits per heavy atom. The molecule has 80 valence electrons. The third-order valence-electron chi connectivity index (χ3n) is 2.27.